The lowest BCUT2D eigenvalue weighted by molar-refractivity contribution is 0.435. The monoisotopic (exact) mass is 341 g/mol. The van der Waals surface area contributed by atoms with Gasteiger partial charge in [0.15, 0.2) is 5.76 Å². The predicted octanol–water partition coefficient (Wildman–Crippen LogP) is 3.00. The molecule has 0 aliphatic carbocycles. The van der Waals surface area contributed by atoms with E-state index in [4.69, 9.17) is 26.8 Å². The molecule has 0 aliphatic rings. The van der Waals surface area contributed by atoms with Crippen molar-refractivity contribution < 1.29 is 4.52 Å². The molecule has 7 heteroatoms. The molecule has 122 valence electrons. The zero-order valence-corrected chi connectivity index (χ0v) is 13.4. The highest BCUT2D eigenvalue weighted by Gasteiger charge is 2.10. The maximum atomic E-state index is 7.50. The van der Waals surface area contributed by atoms with Crippen LogP contribution in [0.2, 0.25) is 0 Å². The molecule has 0 fully saturated rings. The number of hydrogen-bond donors (Lipinski definition) is 4. The molecule has 0 bridgehead atoms. The molecule has 0 aliphatic heterocycles. The number of halogens is 1. The average Bonchev–Trinajstić information content (AvgIpc) is 3.05. The van der Waals surface area contributed by atoms with Crippen LogP contribution in [0.4, 0.5) is 0 Å². The molecule has 0 atom stereocenters. The van der Waals surface area contributed by atoms with Gasteiger partial charge in [-0.25, -0.2) is 0 Å². The van der Waals surface area contributed by atoms with E-state index in [9.17, 15) is 0 Å². The molecule has 0 unspecified atom stereocenters. The highest BCUT2D eigenvalue weighted by molar-refractivity contribution is 5.96. The molecule has 3 rings (SSSR count). The van der Waals surface area contributed by atoms with Crippen LogP contribution in [0, 0.1) is 10.8 Å². The second-order valence-corrected chi connectivity index (χ2v) is 5.07. The summed E-state index contributed by atoms with van der Waals surface area (Å²) in [5, 5.41) is 19.1. The number of rotatable bonds is 4. The fourth-order valence-corrected chi connectivity index (χ4v) is 2.23. The second kappa shape index (κ2) is 6.97. The van der Waals surface area contributed by atoms with E-state index in [0.717, 1.165) is 11.1 Å². The number of nitrogens with two attached hydrogens (primary N) is 2. The SMILES string of the molecule is Cl.N=C(N)c1cccc(-c2cc(-c3cccc(C(=N)N)c3)on2)c1. The van der Waals surface area contributed by atoms with E-state index in [2.05, 4.69) is 5.16 Å². The molecule has 0 radical (unpaired) electrons. The highest BCUT2D eigenvalue weighted by Crippen LogP contribution is 2.27. The van der Waals surface area contributed by atoms with Crippen molar-refractivity contribution >= 4 is 24.1 Å². The van der Waals surface area contributed by atoms with Crippen LogP contribution < -0.4 is 11.5 Å². The summed E-state index contributed by atoms with van der Waals surface area (Å²) >= 11 is 0. The Labute approximate surface area is 144 Å². The Morgan fingerprint density at radius 3 is 1.96 bits per heavy atom. The first kappa shape index (κ1) is 17.2. The summed E-state index contributed by atoms with van der Waals surface area (Å²) in [5.74, 6) is 0.585. The minimum atomic E-state index is 0. The number of nitrogens with one attached hydrogen (secondary N) is 2. The Bertz CT molecular complexity index is 831. The van der Waals surface area contributed by atoms with Gasteiger partial charge < -0.3 is 16.0 Å². The fourth-order valence-electron chi connectivity index (χ4n) is 2.23. The lowest BCUT2D eigenvalue weighted by atomic mass is 10.1. The Hall–Kier alpha value is -3.12. The van der Waals surface area contributed by atoms with Crippen LogP contribution in [0.15, 0.2) is 59.1 Å². The third-order valence-electron chi connectivity index (χ3n) is 3.44. The Kier molecular flexibility index (Phi) is 5.01. The Morgan fingerprint density at radius 2 is 1.38 bits per heavy atom. The van der Waals surface area contributed by atoms with Gasteiger partial charge in [0, 0.05) is 28.3 Å². The molecule has 6 N–H and O–H groups in total. The third kappa shape index (κ3) is 3.44. The maximum Gasteiger partial charge on any atom is 0.167 e. The zero-order valence-electron chi connectivity index (χ0n) is 12.6. The quantitative estimate of drug-likeness (QED) is 0.429. The van der Waals surface area contributed by atoms with Crippen LogP contribution in [-0.4, -0.2) is 16.8 Å². The van der Waals surface area contributed by atoms with Crippen molar-refractivity contribution in [1.29, 1.82) is 10.8 Å². The summed E-state index contributed by atoms with van der Waals surface area (Å²) in [4.78, 5) is 0. The van der Waals surface area contributed by atoms with Crippen molar-refractivity contribution in [3.05, 3.63) is 65.7 Å². The normalized spacial score (nSPS) is 10.0. The van der Waals surface area contributed by atoms with Crippen LogP contribution in [0.1, 0.15) is 11.1 Å². The van der Waals surface area contributed by atoms with E-state index >= 15 is 0 Å². The molecule has 1 aromatic heterocycles. The summed E-state index contributed by atoms with van der Waals surface area (Å²) in [6.45, 7) is 0. The lowest BCUT2D eigenvalue weighted by Gasteiger charge is -2.00. The molecule has 0 spiro atoms. The predicted molar refractivity (Wildman–Crippen MR) is 96.7 cm³/mol. The topological polar surface area (TPSA) is 126 Å². The number of nitrogens with zero attached hydrogens (tertiary/aromatic N) is 1. The molecular weight excluding hydrogens is 326 g/mol. The van der Waals surface area contributed by atoms with Gasteiger partial charge in [0.25, 0.3) is 0 Å². The summed E-state index contributed by atoms with van der Waals surface area (Å²) in [6.07, 6.45) is 0. The van der Waals surface area contributed by atoms with Crippen LogP contribution in [0.5, 0.6) is 0 Å². The van der Waals surface area contributed by atoms with E-state index in [1.54, 1.807) is 30.3 Å². The Balaban J connectivity index is 0.00000208. The fraction of sp³-hybridized carbons (Fsp3) is 0. The van der Waals surface area contributed by atoms with Crippen LogP contribution in [-0.2, 0) is 0 Å². The summed E-state index contributed by atoms with van der Waals surface area (Å²) < 4.78 is 5.39. The van der Waals surface area contributed by atoms with Crippen LogP contribution in [0.25, 0.3) is 22.6 Å². The number of nitrogen functional groups attached to an aromatic ring is 2. The standard InChI is InChI=1S/C17H15N5O.ClH/c18-16(19)12-5-1-3-10(7-12)14-9-15(23-22-14)11-4-2-6-13(8-11)17(20)21;/h1-9H,(H3,18,19)(H3,20,21);1H. The van der Waals surface area contributed by atoms with Gasteiger partial charge in [-0.2, -0.15) is 0 Å². The van der Waals surface area contributed by atoms with Crippen molar-refractivity contribution in [3.63, 3.8) is 0 Å². The first-order valence-electron chi connectivity index (χ1n) is 6.91. The Morgan fingerprint density at radius 1 is 0.833 bits per heavy atom. The summed E-state index contributed by atoms with van der Waals surface area (Å²) in [7, 11) is 0. The van der Waals surface area contributed by atoms with Gasteiger partial charge >= 0.3 is 0 Å². The van der Waals surface area contributed by atoms with Gasteiger partial charge in [-0.15, -0.1) is 12.4 Å². The van der Waals surface area contributed by atoms with E-state index in [1.807, 2.05) is 24.3 Å². The van der Waals surface area contributed by atoms with E-state index in [-0.39, 0.29) is 24.1 Å². The van der Waals surface area contributed by atoms with E-state index < -0.39 is 0 Å². The van der Waals surface area contributed by atoms with Crippen molar-refractivity contribution in [3.8, 4) is 22.6 Å². The van der Waals surface area contributed by atoms with Crippen molar-refractivity contribution in [1.82, 2.24) is 5.16 Å². The minimum Gasteiger partial charge on any atom is -0.384 e. The van der Waals surface area contributed by atoms with Crippen molar-refractivity contribution in [2.45, 2.75) is 0 Å². The zero-order chi connectivity index (χ0) is 16.4. The smallest absolute Gasteiger partial charge is 0.167 e. The summed E-state index contributed by atoms with van der Waals surface area (Å²) in [5.41, 5.74) is 14.5. The molecular formula is C17H16ClN5O. The third-order valence-corrected chi connectivity index (χ3v) is 3.44. The molecule has 24 heavy (non-hydrogen) atoms. The van der Waals surface area contributed by atoms with Crippen molar-refractivity contribution in [2.75, 3.05) is 0 Å². The van der Waals surface area contributed by atoms with Gasteiger partial charge in [-0.05, 0) is 12.1 Å². The second-order valence-electron chi connectivity index (χ2n) is 5.07. The molecule has 0 saturated heterocycles. The molecule has 6 nitrogen and oxygen atoms in total. The highest BCUT2D eigenvalue weighted by atomic mass is 35.5. The van der Waals surface area contributed by atoms with Gasteiger partial charge in [0.2, 0.25) is 0 Å². The maximum absolute atomic E-state index is 7.50. The first-order valence-corrected chi connectivity index (χ1v) is 6.91. The van der Waals surface area contributed by atoms with E-state index in [1.165, 1.54) is 0 Å². The number of hydrogen-bond acceptors (Lipinski definition) is 4. The lowest BCUT2D eigenvalue weighted by Crippen LogP contribution is -2.10. The number of benzene rings is 2. The van der Waals surface area contributed by atoms with Gasteiger partial charge in [0.1, 0.15) is 17.4 Å². The first-order chi connectivity index (χ1) is 11.0. The van der Waals surface area contributed by atoms with Crippen LogP contribution >= 0.6 is 12.4 Å². The molecule has 1 heterocycles. The largest absolute Gasteiger partial charge is 0.384 e. The summed E-state index contributed by atoms with van der Waals surface area (Å²) in [6, 6.07) is 16.3. The van der Waals surface area contributed by atoms with Gasteiger partial charge in [-0.3, -0.25) is 10.8 Å². The van der Waals surface area contributed by atoms with Gasteiger partial charge in [-0.1, -0.05) is 41.6 Å². The molecule has 2 aromatic carbocycles. The average molecular weight is 342 g/mol. The molecule has 3 aromatic rings. The number of amidine groups is 2. The van der Waals surface area contributed by atoms with Crippen LogP contribution in [0.3, 0.4) is 0 Å². The number of aromatic nitrogens is 1. The minimum absolute atomic E-state index is 0. The molecule has 0 saturated carbocycles. The van der Waals surface area contributed by atoms with E-state index in [0.29, 0.717) is 22.6 Å². The van der Waals surface area contributed by atoms with Gasteiger partial charge in [0.05, 0.1) is 0 Å². The van der Waals surface area contributed by atoms with Crippen molar-refractivity contribution in [2.24, 2.45) is 11.5 Å². The molecule has 0 amide bonds.